The minimum atomic E-state index is -4.54. The Morgan fingerprint density at radius 3 is 1.40 bits per heavy atom. The molecule has 0 aliphatic carbocycles. The molecule has 0 aromatic rings. The Hall–Kier alpha value is -2.62. The summed E-state index contributed by atoms with van der Waals surface area (Å²) in [6.07, 6.45) is 55.1. The van der Waals surface area contributed by atoms with Gasteiger partial charge in [-0.2, -0.15) is 0 Å². The van der Waals surface area contributed by atoms with Crippen molar-refractivity contribution in [3.05, 3.63) is 97.2 Å². The molecule has 58 heavy (non-hydrogen) atoms. The second kappa shape index (κ2) is 43.9. The molecule has 0 saturated carbocycles. The third kappa shape index (κ3) is 43.0. The van der Waals surface area contributed by atoms with E-state index in [4.69, 9.17) is 23.6 Å². The predicted octanol–water partition coefficient (Wildman–Crippen LogP) is 12.5. The first-order valence-corrected chi connectivity index (χ1v) is 23.7. The average molecular weight is 833 g/mol. The molecule has 0 saturated heterocycles. The van der Waals surface area contributed by atoms with E-state index in [1.807, 2.05) is 0 Å². The largest absolute Gasteiger partial charge is 0.472 e. The van der Waals surface area contributed by atoms with Gasteiger partial charge in [-0.15, -0.1) is 0 Å². The number of rotatable bonds is 41. The number of allylic oxidation sites excluding steroid dienone is 16. The Morgan fingerprint density at radius 1 is 0.534 bits per heavy atom. The zero-order valence-corrected chi connectivity index (χ0v) is 37.1. The number of phosphoric acid groups is 1. The van der Waals surface area contributed by atoms with Crippen LogP contribution in [0.5, 0.6) is 0 Å². The van der Waals surface area contributed by atoms with E-state index in [1.165, 1.54) is 32.1 Å². The highest BCUT2D eigenvalue weighted by atomic mass is 31.2. The van der Waals surface area contributed by atoms with Gasteiger partial charge in [-0.25, -0.2) is 4.57 Å². The highest BCUT2D eigenvalue weighted by Crippen LogP contribution is 2.43. The molecule has 0 bridgehead atoms. The topological polar surface area (TPSA) is 132 Å². The number of unbranched alkanes of at least 4 members (excludes halogenated alkanes) is 11. The van der Waals surface area contributed by atoms with E-state index < -0.39 is 45.8 Å². The molecule has 3 unspecified atom stereocenters. The van der Waals surface area contributed by atoms with Crippen LogP contribution in [-0.2, 0) is 27.9 Å². The maximum atomic E-state index is 12.6. The van der Waals surface area contributed by atoms with Gasteiger partial charge in [0, 0.05) is 13.0 Å². The number of hydrogen-bond acceptors (Lipinski definition) is 8. The van der Waals surface area contributed by atoms with Crippen molar-refractivity contribution in [2.75, 3.05) is 33.0 Å². The molecule has 10 heteroatoms. The molecule has 332 valence electrons. The summed E-state index contributed by atoms with van der Waals surface area (Å²) in [5.74, 6) is -0.421. The van der Waals surface area contributed by atoms with Crippen LogP contribution in [-0.4, -0.2) is 66.3 Å². The molecule has 0 aliphatic heterocycles. The van der Waals surface area contributed by atoms with E-state index in [2.05, 4.69) is 111 Å². The van der Waals surface area contributed by atoms with Gasteiger partial charge in [0.1, 0.15) is 12.2 Å². The quantitative estimate of drug-likeness (QED) is 0.0238. The van der Waals surface area contributed by atoms with Gasteiger partial charge >= 0.3 is 13.8 Å². The SMILES string of the molecule is CC/C=C\C/C=C\C/C=C\C/C=C\C/C=C\CCCCCC(=O)OC(COCCCCCCCCCC/C=C\C/C=C\C/C=C\CC)COP(=O)(O)OCC(O)CO. The summed E-state index contributed by atoms with van der Waals surface area (Å²) < 4.78 is 33.4. The van der Waals surface area contributed by atoms with E-state index in [0.717, 1.165) is 96.3 Å². The summed E-state index contributed by atoms with van der Waals surface area (Å²) in [4.78, 5) is 22.6. The smallest absolute Gasteiger partial charge is 0.457 e. The first kappa shape index (κ1) is 55.4. The highest BCUT2D eigenvalue weighted by molar-refractivity contribution is 7.47. The van der Waals surface area contributed by atoms with Crippen molar-refractivity contribution < 1.29 is 43.0 Å². The molecule has 0 rings (SSSR count). The fourth-order valence-corrected chi connectivity index (χ4v) is 6.24. The van der Waals surface area contributed by atoms with Gasteiger partial charge in [-0.05, 0) is 89.9 Å². The molecule has 0 amide bonds. The first-order chi connectivity index (χ1) is 28.3. The van der Waals surface area contributed by atoms with Crippen molar-refractivity contribution in [3.8, 4) is 0 Å². The number of aliphatic hydroxyl groups is 2. The number of phosphoric ester groups is 1. The van der Waals surface area contributed by atoms with Crippen LogP contribution in [0.25, 0.3) is 0 Å². The van der Waals surface area contributed by atoms with Crippen molar-refractivity contribution in [3.63, 3.8) is 0 Å². The van der Waals surface area contributed by atoms with Gasteiger partial charge in [0.15, 0.2) is 0 Å². The minimum Gasteiger partial charge on any atom is -0.457 e. The van der Waals surface area contributed by atoms with E-state index in [-0.39, 0.29) is 13.0 Å². The number of aliphatic hydroxyl groups excluding tert-OH is 2. The normalized spacial score (nSPS) is 14.9. The Morgan fingerprint density at radius 2 is 0.931 bits per heavy atom. The monoisotopic (exact) mass is 833 g/mol. The van der Waals surface area contributed by atoms with Crippen molar-refractivity contribution in [1.82, 2.24) is 0 Å². The molecule has 0 radical (unpaired) electrons. The summed E-state index contributed by atoms with van der Waals surface area (Å²) in [6.45, 7) is 3.21. The lowest BCUT2D eigenvalue weighted by atomic mass is 10.1. The second-order valence-corrected chi connectivity index (χ2v) is 15.8. The summed E-state index contributed by atoms with van der Waals surface area (Å²) in [5, 5.41) is 18.4. The first-order valence-electron chi connectivity index (χ1n) is 22.2. The summed E-state index contributed by atoms with van der Waals surface area (Å²) in [5.41, 5.74) is 0. The molecule has 0 aromatic heterocycles. The van der Waals surface area contributed by atoms with Gasteiger partial charge in [-0.1, -0.05) is 156 Å². The van der Waals surface area contributed by atoms with Crippen molar-refractivity contribution in [2.24, 2.45) is 0 Å². The van der Waals surface area contributed by atoms with E-state index >= 15 is 0 Å². The van der Waals surface area contributed by atoms with Crippen LogP contribution in [0.15, 0.2) is 97.2 Å². The summed E-state index contributed by atoms with van der Waals surface area (Å²) in [6, 6.07) is 0. The molecule has 3 N–H and O–H groups in total. The molecule has 0 fully saturated rings. The Balaban J connectivity index is 4.26. The number of hydrogen-bond donors (Lipinski definition) is 3. The predicted molar refractivity (Wildman–Crippen MR) is 242 cm³/mol. The number of esters is 1. The van der Waals surface area contributed by atoms with Crippen LogP contribution in [0, 0.1) is 0 Å². The fourth-order valence-electron chi connectivity index (χ4n) is 5.45. The summed E-state index contributed by atoms with van der Waals surface area (Å²) >= 11 is 0. The zero-order chi connectivity index (χ0) is 42.5. The standard InChI is InChI=1S/C48H81O9P/c1-3-5-7-9-11-13-15-17-19-21-23-24-26-28-30-32-34-36-38-40-48(51)57-47(45-56-58(52,53)55-43-46(50)42-49)44-54-41-39-37-35-33-31-29-27-25-22-20-18-16-14-12-10-8-6-4-2/h5-8,11-14,17-20,23-24,28,30,46-47,49-50H,3-4,9-10,15-16,21-22,25-27,29,31-45H2,1-2H3,(H,52,53)/b7-5-,8-6-,13-11-,14-12-,19-17-,20-18-,24-23-,30-28-. The molecule has 0 heterocycles. The molecular formula is C48H81O9P. The molecular weight excluding hydrogens is 751 g/mol. The van der Waals surface area contributed by atoms with Crippen LogP contribution in [0.4, 0.5) is 0 Å². The molecule has 0 aliphatic rings. The zero-order valence-electron chi connectivity index (χ0n) is 36.2. The number of carbonyl (C=O) groups excluding carboxylic acids is 1. The van der Waals surface area contributed by atoms with Gasteiger partial charge in [0.2, 0.25) is 0 Å². The second-order valence-electron chi connectivity index (χ2n) is 14.3. The van der Waals surface area contributed by atoms with Gasteiger partial charge in [0.25, 0.3) is 0 Å². The van der Waals surface area contributed by atoms with Crippen LogP contribution in [0.2, 0.25) is 0 Å². The number of ether oxygens (including phenoxy) is 2. The third-order valence-corrected chi connectivity index (χ3v) is 9.72. The van der Waals surface area contributed by atoms with E-state index in [0.29, 0.717) is 13.0 Å². The van der Waals surface area contributed by atoms with Crippen LogP contribution in [0.1, 0.15) is 155 Å². The lowest BCUT2D eigenvalue weighted by Crippen LogP contribution is -2.29. The Kier molecular flexibility index (Phi) is 42.0. The van der Waals surface area contributed by atoms with Crippen molar-refractivity contribution in [2.45, 2.75) is 167 Å². The van der Waals surface area contributed by atoms with Crippen LogP contribution >= 0.6 is 7.82 Å². The third-order valence-electron chi connectivity index (χ3n) is 8.77. The lowest BCUT2D eigenvalue weighted by molar-refractivity contribution is -0.154. The van der Waals surface area contributed by atoms with Crippen molar-refractivity contribution in [1.29, 1.82) is 0 Å². The fraction of sp³-hybridized carbons (Fsp3) is 0.646. The Labute approximate surface area is 353 Å². The minimum absolute atomic E-state index is 0.0239. The van der Waals surface area contributed by atoms with E-state index in [1.54, 1.807) is 0 Å². The highest BCUT2D eigenvalue weighted by Gasteiger charge is 2.26. The van der Waals surface area contributed by atoms with Crippen molar-refractivity contribution >= 4 is 13.8 Å². The van der Waals surface area contributed by atoms with Crippen LogP contribution in [0.3, 0.4) is 0 Å². The average Bonchev–Trinajstić information content (AvgIpc) is 3.21. The molecule has 0 spiro atoms. The van der Waals surface area contributed by atoms with Gasteiger partial charge in [0.05, 0.1) is 26.4 Å². The molecule has 9 nitrogen and oxygen atoms in total. The Bertz CT molecular complexity index is 1220. The van der Waals surface area contributed by atoms with Gasteiger partial charge < -0.3 is 24.6 Å². The van der Waals surface area contributed by atoms with E-state index in [9.17, 15) is 19.4 Å². The maximum absolute atomic E-state index is 12.6. The van der Waals surface area contributed by atoms with Crippen LogP contribution < -0.4 is 0 Å². The molecule has 0 aromatic carbocycles. The summed E-state index contributed by atoms with van der Waals surface area (Å²) in [7, 11) is -4.54. The number of carbonyl (C=O) groups is 1. The molecule has 3 atom stereocenters. The lowest BCUT2D eigenvalue weighted by Gasteiger charge is -2.20. The van der Waals surface area contributed by atoms with Gasteiger partial charge in [-0.3, -0.25) is 13.8 Å². The maximum Gasteiger partial charge on any atom is 0.472 e.